The first kappa shape index (κ1) is 13.1. The van der Waals surface area contributed by atoms with Crippen LogP contribution in [-0.4, -0.2) is 21.7 Å². The first-order valence-corrected chi connectivity index (χ1v) is 6.14. The van der Waals surface area contributed by atoms with Crippen molar-refractivity contribution in [3.8, 4) is 0 Å². The van der Waals surface area contributed by atoms with Crippen LogP contribution in [0.3, 0.4) is 0 Å². The first-order chi connectivity index (χ1) is 9.16. The number of nitro benzene ring substituents is 1. The zero-order chi connectivity index (χ0) is 13.7. The Morgan fingerprint density at radius 2 is 2.26 bits per heavy atom. The Morgan fingerprint density at radius 3 is 2.89 bits per heavy atom. The average Bonchev–Trinajstić information content (AvgIpc) is 2.87. The summed E-state index contributed by atoms with van der Waals surface area (Å²) in [5, 5.41) is 20.8. The maximum Gasteiger partial charge on any atom is 0.272 e. The molecule has 1 heterocycles. The van der Waals surface area contributed by atoms with Gasteiger partial charge in [-0.3, -0.25) is 15.2 Å². The number of nitro groups is 1. The number of rotatable bonds is 6. The third kappa shape index (κ3) is 3.54. The molecule has 1 aromatic carbocycles. The normalized spacial score (nSPS) is 10.4. The lowest BCUT2D eigenvalue weighted by molar-refractivity contribution is -0.385. The molecular formula is C13H16N4O2. The van der Waals surface area contributed by atoms with Crippen LogP contribution in [0, 0.1) is 17.0 Å². The van der Waals surface area contributed by atoms with Gasteiger partial charge >= 0.3 is 0 Å². The number of hydrogen-bond acceptors (Lipinski definition) is 4. The summed E-state index contributed by atoms with van der Waals surface area (Å²) in [6.07, 6.45) is 3.64. The van der Waals surface area contributed by atoms with Gasteiger partial charge in [0.1, 0.15) is 0 Å². The standard InChI is InChI=1S/C13H16N4O2/c1-10-9-12(4-5-13(10)17(18)19)14-7-2-3-11-6-8-15-16-11/h4-6,8-9,14H,2-3,7H2,1H3,(H,15,16). The van der Waals surface area contributed by atoms with Crippen molar-refractivity contribution >= 4 is 11.4 Å². The molecule has 0 saturated carbocycles. The molecule has 0 aliphatic rings. The summed E-state index contributed by atoms with van der Waals surface area (Å²) < 4.78 is 0. The molecule has 0 spiro atoms. The van der Waals surface area contributed by atoms with Crippen molar-refractivity contribution in [3.63, 3.8) is 0 Å². The van der Waals surface area contributed by atoms with E-state index in [9.17, 15) is 10.1 Å². The Balaban J connectivity index is 1.83. The van der Waals surface area contributed by atoms with Crippen molar-refractivity contribution in [2.45, 2.75) is 19.8 Å². The van der Waals surface area contributed by atoms with Crippen LogP contribution in [0.1, 0.15) is 17.7 Å². The summed E-state index contributed by atoms with van der Waals surface area (Å²) in [5.74, 6) is 0. The molecule has 0 aliphatic carbocycles. The van der Waals surface area contributed by atoms with Crippen LogP contribution in [0.15, 0.2) is 30.5 Å². The molecule has 1 aromatic heterocycles. The molecular weight excluding hydrogens is 244 g/mol. The zero-order valence-corrected chi connectivity index (χ0v) is 10.7. The molecule has 0 atom stereocenters. The highest BCUT2D eigenvalue weighted by molar-refractivity contribution is 5.53. The van der Waals surface area contributed by atoms with Crippen LogP contribution >= 0.6 is 0 Å². The van der Waals surface area contributed by atoms with Crippen molar-refractivity contribution < 1.29 is 4.92 Å². The molecule has 0 unspecified atom stereocenters. The van der Waals surface area contributed by atoms with Crippen LogP contribution in [-0.2, 0) is 6.42 Å². The molecule has 6 heteroatoms. The monoisotopic (exact) mass is 260 g/mol. The number of aryl methyl sites for hydroxylation is 2. The molecule has 19 heavy (non-hydrogen) atoms. The minimum Gasteiger partial charge on any atom is -0.385 e. The van der Waals surface area contributed by atoms with E-state index >= 15 is 0 Å². The topological polar surface area (TPSA) is 83.8 Å². The fraction of sp³-hybridized carbons (Fsp3) is 0.308. The number of anilines is 1. The third-order valence-corrected chi connectivity index (χ3v) is 2.90. The summed E-state index contributed by atoms with van der Waals surface area (Å²) in [6, 6.07) is 7.03. The van der Waals surface area contributed by atoms with E-state index in [-0.39, 0.29) is 10.6 Å². The van der Waals surface area contributed by atoms with E-state index in [4.69, 9.17) is 0 Å². The van der Waals surface area contributed by atoms with Gasteiger partial charge in [-0.1, -0.05) is 0 Å². The summed E-state index contributed by atoms with van der Waals surface area (Å²) in [4.78, 5) is 10.3. The zero-order valence-electron chi connectivity index (χ0n) is 10.7. The molecule has 0 radical (unpaired) electrons. The maximum absolute atomic E-state index is 10.7. The summed E-state index contributed by atoms with van der Waals surface area (Å²) in [6.45, 7) is 2.56. The van der Waals surface area contributed by atoms with Crippen LogP contribution in [0.2, 0.25) is 0 Å². The van der Waals surface area contributed by atoms with Gasteiger partial charge in [0.2, 0.25) is 0 Å². The summed E-state index contributed by atoms with van der Waals surface area (Å²) in [5.41, 5.74) is 2.85. The van der Waals surface area contributed by atoms with Gasteiger partial charge in [-0.2, -0.15) is 5.10 Å². The molecule has 0 amide bonds. The second-order valence-electron chi connectivity index (χ2n) is 4.37. The molecule has 2 rings (SSSR count). The number of nitrogens with zero attached hydrogens (tertiary/aromatic N) is 2. The lowest BCUT2D eigenvalue weighted by Gasteiger charge is -2.07. The molecule has 2 N–H and O–H groups in total. The Bertz CT molecular complexity index is 552. The molecule has 100 valence electrons. The minimum atomic E-state index is -0.364. The van der Waals surface area contributed by atoms with Crippen LogP contribution < -0.4 is 5.32 Å². The summed E-state index contributed by atoms with van der Waals surface area (Å²) >= 11 is 0. The predicted octanol–water partition coefficient (Wildman–Crippen LogP) is 2.67. The van der Waals surface area contributed by atoms with Gasteiger partial charge in [-0.05, 0) is 38.0 Å². The highest BCUT2D eigenvalue weighted by atomic mass is 16.6. The molecule has 0 saturated heterocycles. The lowest BCUT2D eigenvalue weighted by atomic mass is 10.1. The van der Waals surface area contributed by atoms with E-state index in [1.807, 2.05) is 6.07 Å². The number of aromatic amines is 1. The Hall–Kier alpha value is -2.37. The van der Waals surface area contributed by atoms with E-state index in [1.54, 1.807) is 25.3 Å². The number of aromatic nitrogens is 2. The molecule has 0 fully saturated rings. The maximum atomic E-state index is 10.7. The van der Waals surface area contributed by atoms with Crippen LogP contribution in [0.4, 0.5) is 11.4 Å². The van der Waals surface area contributed by atoms with Crippen molar-refractivity contribution in [1.29, 1.82) is 0 Å². The molecule has 2 aromatic rings. The van der Waals surface area contributed by atoms with Crippen LogP contribution in [0.5, 0.6) is 0 Å². The lowest BCUT2D eigenvalue weighted by Crippen LogP contribution is -2.04. The third-order valence-electron chi connectivity index (χ3n) is 2.90. The minimum absolute atomic E-state index is 0.156. The van der Waals surface area contributed by atoms with E-state index in [0.29, 0.717) is 5.56 Å². The van der Waals surface area contributed by atoms with Gasteiger partial charge in [0, 0.05) is 35.8 Å². The second-order valence-corrected chi connectivity index (χ2v) is 4.37. The fourth-order valence-corrected chi connectivity index (χ4v) is 1.91. The second kappa shape index (κ2) is 5.99. The molecule has 0 bridgehead atoms. The summed E-state index contributed by atoms with van der Waals surface area (Å²) in [7, 11) is 0. The van der Waals surface area contributed by atoms with Crippen molar-refractivity contribution in [1.82, 2.24) is 10.2 Å². The van der Waals surface area contributed by atoms with Crippen molar-refractivity contribution in [2.24, 2.45) is 0 Å². The predicted molar refractivity (Wildman–Crippen MR) is 73.2 cm³/mol. The Kier molecular flexibility index (Phi) is 4.12. The van der Waals surface area contributed by atoms with Crippen molar-refractivity contribution in [3.05, 3.63) is 51.8 Å². The highest BCUT2D eigenvalue weighted by Gasteiger charge is 2.09. The number of H-pyrrole nitrogens is 1. The molecule has 0 aliphatic heterocycles. The fourth-order valence-electron chi connectivity index (χ4n) is 1.91. The van der Waals surface area contributed by atoms with Gasteiger partial charge in [0.25, 0.3) is 5.69 Å². The Labute approximate surface area is 111 Å². The van der Waals surface area contributed by atoms with Gasteiger partial charge in [0.05, 0.1) is 4.92 Å². The smallest absolute Gasteiger partial charge is 0.272 e. The van der Waals surface area contributed by atoms with E-state index in [2.05, 4.69) is 15.5 Å². The van der Waals surface area contributed by atoms with Crippen LogP contribution in [0.25, 0.3) is 0 Å². The van der Waals surface area contributed by atoms with Gasteiger partial charge in [-0.25, -0.2) is 0 Å². The SMILES string of the molecule is Cc1cc(NCCCc2ccn[nH]2)ccc1[N+](=O)[O-]. The largest absolute Gasteiger partial charge is 0.385 e. The van der Waals surface area contributed by atoms with E-state index in [0.717, 1.165) is 30.8 Å². The van der Waals surface area contributed by atoms with Gasteiger partial charge in [-0.15, -0.1) is 0 Å². The number of nitrogens with one attached hydrogen (secondary N) is 2. The van der Waals surface area contributed by atoms with E-state index < -0.39 is 0 Å². The first-order valence-electron chi connectivity index (χ1n) is 6.14. The number of benzene rings is 1. The highest BCUT2D eigenvalue weighted by Crippen LogP contribution is 2.21. The molecule has 6 nitrogen and oxygen atoms in total. The average molecular weight is 260 g/mol. The quantitative estimate of drug-likeness (QED) is 0.475. The van der Waals surface area contributed by atoms with E-state index in [1.165, 1.54) is 6.07 Å². The van der Waals surface area contributed by atoms with Gasteiger partial charge < -0.3 is 5.32 Å². The number of hydrogen-bond donors (Lipinski definition) is 2. The Morgan fingerprint density at radius 1 is 1.42 bits per heavy atom. The van der Waals surface area contributed by atoms with Gasteiger partial charge in [0.15, 0.2) is 0 Å². The van der Waals surface area contributed by atoms with Crippen molar-refractivity contribution in [2.75, 3.05) is 11.9 Å².